The predicted molar refractivity (Wildman–Crippen MR) is 109 cm³/mol. The molecule has 0 fully saturated rings. The van der Waals surface area contributed by atoms with Gasteiger partial charge < -0.3 is 16.4 Å². The zero-order valence-corrected chi connectivity index (χ0v) is 16.8. The van der Waals surface area contributed by atoms with Gasteiger partial charge in [0.1, 0.15) is 11.5 Å². The molecule has 0 bridgehead atoms. The molecule has 3 heterocycles. The maximum absolute atomic E-state index is 14.2. The number of rotatable bonds is 6. The highest BCUT2D eigenvalue weighted by molar-refractivity contribution is 7.18. The highest BCUT2D eigenvalue weighted by Crippen LogP contribution is 2.35. The molecule has 0 aliphatic carbocycles. The van der Waals surface area contributed by atoms with E-state index in [1.165, 1.54) is 29.7 Å². The summed E-state index contributed by atoms with van der Waals surface area (Å²) in [6, 6.07) is 5.03. The average Bonchev–Trinajstić information content (AvgIpc) is 3.32. The normalized spacial score (nSPS) is 14.3. The maximum Gasteiger partial charge on any atom is 0.433 e. The highest BCUT2D eigenvalue weighted by Gasteiger charge is 2.32. The van der Waals surface area contributed by atoms with Gasteiger partial charge in [-0.3, -0.25) is 9.78 Å². The van der Waals surface area contributed by atoms with E-state index in [9.17, 15) is 22.4 Å². The molecular weight excluding hydrogens is 434 g/mol. The van der Waals surface area contributed by atoms with Crippen LogP contribution in [-0.2, 0) is 23.8 Å². The first-order chi connectivity index (χ1) is 14.7. The van der Waals surface area contributed by atoms with Crippen LogP contribution in [0.25, 0.3) is 10.4 Å². The first-order valence-electron chi connectivity index (χ1n) is 9.29. The summed E-state index contributed by atoms with van der Waals surface area (Å²) in [6.45, 7) is 0.338. The number of nitrogens with one attached hydrogen (secondary N) is 2. The molecule has 11 heteroatoms. The predicted octanol–water partition coefficient (Wildman–Crippen LogP) is 3.84. The molecule has 1 atom stereocenters. The van der Waals surface area contributed by atoms with Crippen LogP contribution < -0.4 is 16.4 Å². The lowest BCUT2D eigenvalue weighted by Gasteiger charge is -2.13. The number of carbonyl (C=O) groups excluding carboxylic acids is 1. The summed E-state index contributed by atoms with van der Waals surface area (Å²) in [4.78, 5) is 19.9. The fourth-order valence-electron chi connectivity index (χ4n) is 3.24. The first kappa shape index (κ1) is 21.2. The van der Waals surface area contributed by atoms with Crippen molar-refractivity contribution in [3.63, 3.8) is 0 Å². The van der Waals surface area contributed by atoms with E-state index in [4.69, 9.17) is 5.73 Å². The zero-order valence-electron chi connectivity index (χ0n) is 16.0. The van der Waals surface area contributed by atoms with Gasteiger partial charge in [-0.2, -0.15) is 13.2 Å². The van der Waals surface area contributed by atoms with Crippen molar-refractivity contribution in [1.82, 2.24) is 9.97 Å². The van der Waals surface area contributed by atoms with Crippen molar-refractivity contribution < 1.29 is 22.4 Å². The Labute approximate surface area is 178 Å². The fourth-order valence-corrected chi connectivity index (χ4v) is 4.05. The summed E-state index contributed by atoms with van der Waals surface area (Å²) in [5, 5.41) is 6.16. The Balaban J connectivity index is 1.36. The van der Waals surface area contributed by atoms with Gasteiger partial charge in [0.05, 0.1) is 17.0 Å². The number of nitrogens with two attached hydrogens (primary N) is 1. The summed E-state index contributed by atoms with van der Waals surface area (Å²) in [5.74, 6) is -0.733. The minimum Gasteiger partial charge on any atom is -0.360 e. The number of amides is 1. The molecule has 0 saturated heterocycles. The van der Waals surface area contributed by atoms with Gasteiger partial charge in [-0.05, 0) is 41.3 Å². The van der Waals surface area contributed by atoms with Crippen LogP contribution in [0.15, 0.2) is 36.7 Å². The van der Waals surface area contributed by atoms with Crippen LogP contribution in [0.2, 0.25) is 0 Å². The molecule has 2 aromatic heterocycles. The van der Waals surface area contributed by atoms with Gasteiger partial charge in [0.25, 0.3) is 0 Å². The molecule has 0 saturated carbocycles. The van der Waals surface area contributed by atoms with E-state index in [2.05, 4.69) is 20.6 Å². The number of nitrogens with zero attached hydrogens (tertiary/aromatic N) is 2. The van der Waals surface area contributed by atoms with Crippen molar-refractivity contribution >= 4 is 28.1 Å². The Hall–Kier alpha value is -3.05. The Bertz CT molecular complexity index is 1110. The van der Waals surface area contributed by atoms with E-state index in [1.54, 1.807) is 12.3 Å². The second-order valence-corrected chi connectivity index (χ2v) is 8.17. The van der Waals surface area contributed by atoms with Gasteiger partial charge in [0.2, 0.25) is 5.91 Å². The van der Waals surface area contributed by atoms with Gasteiger partial charge in [-0.1, -0.05) is 17.4 Å². The number of anilines is 2. The number of thiazole rings is 1. The Kier molecular flexibility index (Phi) is 5.63. The quantitative estimate of drug-likeness (QED) is 0.496. The number of aromatic nitrogens is 2. The van der Waals surface area contributed by atoms with E-state index >= 15 is 0 Å². The van der Waals surface area contributed by atoms with Crippen LogP contribution in [0.3, 0.4) is 0 Å². The molecule has 4 N–H and O–H groups in total. The molecule has 0 spiro atoms. The van der Waals surface area contributed by atoms with Gasteiger partial charge in [0, 0.05) is 25.0 Å². The standard InChI is InChI=1S/C20H17F4N5OS/c21-14-5-11(4-12-6-17(30)29-18(12)14)15-9-28-19(31-15)27-8-13(25)3-10-1-2-16(26-7-10)20(22,23)24/h1-2,4-5,7,9,13H,3,6,8,25H2,(H,27,28)(H,29,30). The van der Waals surface area contributed by atoms with E-state index in [1.807, 2.05) is 0 Å². The molecule has 1 amide bonds. The van der Waals surface area contributed by atoms with E-state index < -0.39 is 17.7 Å². The number of hydrogen-bond acceptors (Lipinski definition) is 6. The van der Waals surface area contributed by atoms with Gasteiger partial charge in [0.15, 0.2) is 5.13 Å². The van der Waals surface area contributed by atoms with Crippen molar-refractivity contribution in [3.8, 4) is 10.4 Å². The summed E-state index contributed by atoms with van der Waals surface area (Å²) in [6.07, 6.45) is -1.22. The smallest absolute Gasteiger partial charge is 0.360 e. The van der Waals surface area contributed by atoms with Crippen LogP contribution in [0.5, 0.6) is 0 Å². The van der Waals surface area contributed by atoms with Gasteiger partial charge in [-0.25, -0.2) is 9.37 Å². The minimum absolute atomic E-state index is 0.137. The van der Waals surface area contributed by atoms with Crippen molar-refractivity contribution in [1.29, 1.82) is 0 Å². The van der Waals surface area contributed by atoms with Gasteiger partial charge in [-0.15, -0.1) is 0 Å². The third kappa shape index (κ3) is 4.83. The summed E-state index contributed by atoms with van der Waals surface area (Å²) < 4.78 is 52.0. The molecule has 4 rings (SSSR count). The van der Waals surface area contributed by atoms with Crippen LogP contribution in [0.1, 0.15) is 16.8 Å². The largest absolute Gasteiger partial charge is 0.433 e. The van der Waals surface area contributed by atoms with Crippen molar-refractivity contribution in [2.45, 2.75) is 25.1 Å². The molecule has 31 heavy (non-hydrogen) atoms. The monoisotopic (exact) mass is 451 g/mol. The minimum atomic E-state index is -4.47. The topological polar surface area (TPSA) is 92.9 Å². The third-order valence-electron chi connectivity index (χ3n) is 4.71. The SMILES string of the molecule is NC(CNc1ncc(-c2cc(F)c3c(c2)CC(=O)N3)s1)Cc1ccc(C(F)(F)F)nc1. The summed E-state index contributed by atoms with van der Waals surface area (Å²) >= 11 is 1.31. The van der Waals surface area contributed by atoms with Crippen LogP contribution in [0, 0.1) is 5.82 Å². The lowest BCUT2D eigenvalue weighted by atomic mass is 10.1. The van der Waals surface area contributed by atoms with Crippen LogP contribution in [-0.4, -0.2) is 28.5 Å². The third-order valence-corrected chi connectivity index (χ3v) is 5.71. The molecule has 162 valence electrons. The number of fused-ring (bicyclic) bond motifs is 1. The van der Waals surface area contributed by atoms with Gasteiger partial charge >= 0.3 is 6.18 Å². The van der Waals surface area contributed by atoms with Crippen molar-refractivity contribution in [3.05, 3.63) is 59.3 Å². The molecule has 1 aliphatic rings. The summed E-state index contributed by atoms with van der Waals surface area (Å²) in [5.41, 5.74) is 7.17. The Morgan fingerprint density at radius 1 is 1.23 bits per heavy atom. The lowest BCUT2D eigenvalue weighted by Crippen LogP contribution is -2.31. The van der Waals surface area contributed by atoms with Crippen molar-refractivity contribution in [2.75, 3.05) is 17.2 Å². The molecule has 1 aromatic carbocycles. The average molecular weight is 451 g/mol. The van der Waals surface area contributed by atoms with E-state index in [0.29, 0.717) is 34.8 Å². The molecular formula is C20H17F4N5OS. The lowest BCUT2D eigenvalue weighted by molar-refractivity contribution is -0.141. The number of pyridine rings is 1. The number of alkyl halides is 3. The Morgan fingerprint density at radius 3 is 2.74 bits per heavy atom. The number of hydrogen-bond donors (Lipinski definition) is 3. The molecule has 6 nitrogen and oxygen atoms in total. The van der Waals surface area contributed by atoms with Crippen molar-refractivity contribution in [2.24, 2.45) is 5.73 Å². The van der Waals surface area contributed by atoms with Crippen LogP contribution >= 0.6 is 11.3 Å². The molecule has 1 aliphatic heterocycles. The Morgan fingerprint density at radius 2 is 2.03 bits per heavy atom. The van der Waals surface area contributed by atoms with E-state index in [0.717, 1.165) is 10.9 Å². The fraction of sp³-hybridized carbons (Fsp3) is 0.250. The number of carbonyl (C=O) groups is 1. The highest BCUT2D eigenvalue weighted by atomic mass is 32.1. The number of halogens is 4. The molecule has 1 unspecified atom stereocenters. The maximum atomic E-state index is 14.2. The first-order valence-corrected chi connectivity index (χ1v) is 10.1. The van der Waals surface area contributed by atoms with Crippen LogP contribution in [0.4, 0.5) is 28.4 Å². The molecule has 3 aromatic rings. The second kappa shape index (κ2) is 8.23. The van der Waals surface area contributed by atoms with E-state index in [-0.39, 0.29) is 24.1 Å². The molecule has 0 radical (unpaired) electrons. The number of benzene rings is 1. The zero-order chi connectivity index (χ0) is 22.2. The summed E-state index contributed by atoms with van der Waals surface area (Å²) in [7, 11) is 0. The second-order valence-electron chi connectivity index (χ2n) is 7.14.